The minimum Gasteiger partial charge on any atom is -0.481 e. The zero-order chi connectivity index (χ0) is 11.3. The van der Waals surface area contributed by atoms with Crippen LogP contribution in [-0.2, 0) is 6.42 Å². The molecule has 0 radical (unpaired) electrons. The van der Waals surface area contributed by atoms with Crippen molar-refractivity contribution in [1.29, 1.82) is 0 Å². The maximum atomic E-state index is 5.78. The van der Waals surface area contributed by atoms with E-state index in [1.54, 1.807) is 0 Å². The first kappa shape index (κ1) is 11.6. The summed E-state index contributed by atoms with van der Waals surface area (Å²) in [6, 6.07) is 6.18. The lowest BCUT2D eigenvalue weighted by Crippen LogP contribution is -2.18. The van der Waals surface area contributed by atoms with Gasteiger partial charge >= 0.3 is 0 Å². The van der Waals surface area contributed by atoms with Gasteiger partial charge in [-0.1, -0.05) is 23.6 Å². The second kappa shape index (κ2) is 5.43. The van der Waals surface area contributed by atoms with E-state index in [2.05, 4.69) is 18.9 Å². The fourth-order valence-electron chi connectivity index (χ4n) is 1.47. The molecule has 1 aromatic carbocycles. The van der Waals surface area contributed by atoms with E-state index >= 15 is 0 Å². The highest BCUT2D eigenvalue weighted by atomic mass is 16.5. The second-order valence-electron chi connectivity index (χ2n) is 3.79. The maximum Gasteiger partial charge on any atom is 0.148 e. The summed E-state index contributed by atoms with van der Waals surface area (Å²) in [4.78, 5) is 0. The summed E-state index contributed by atoms with van der Waals surface area (Å²) in [6.07, 6.45) is 5.97. The van der Waals surface area contributed by atoms with Gasteiger partial charge in [-0.15, -0.1) is 6.42 Å². The summed E-state index contributed by atoms with van der Waals surface area (Å²) in [6.45, 7) is 4.33. The Hall–Kier alpha value is -1.46. The molecule has 80 valence electrons. The topological polar surface area (TPSA) is 35.2 Å². The zero-order valence-electron chi connectivity index (χ0n) is 9.29. The third-order valence-corrected chi connectivity index (χ3v) is 2.07. The highest BCUT2D eigenvalue weighted by molar-refractivity contribution is 5.37. The van der Waals surface area contributed by atoms with Crippen LogP contribution in [0.4, 0.5) is 0 Å². The van der Waals surface area contributed by atoms with Crippen LogP contribution in [0.15, 0.2) is 18.2 Å². The van der Waals surface area contributed by atoms with Crippen molar-refractivity contribution in [2.24, 2.45) is 5.73 Å². The molecule has 0 saturated carbocycles. The predicted octanol–water partition coefficient (Wildman–Crippen LogP) is 1.90. The molecule has 0 aromatic heterocycles. The summed E-state index contributed by atoms with van der Waals surface area (Å²) in [5.41, 5.74) is 8.11. The molecule has 0 bridgehead atoms. The van der Waals surface area contributed by atoms with Gasteiger partial charge in [0.1, 0.15) is 12.4 Å². The Morgan fingerprint density at radius 2 is 2.27 bits per heavy atom. The Bertz CT molecular complexity index is 363. The number of benzene rings is 1. The summed E-state index contributed by atoms with van der Waals surface area (Å²) in [5, 5.41) is 0. The third kappa shape index (κ3) is 3.65. The van der Waals surface area contributed by atoms with Gasteiger partial charge in [0.15, 0.2) is 0 Å². The van der Waals surface area contributed by atoms with Gasteiger partial charge in [-0.05, 0) is 31.9 Å². The van der Waals surface area contributed by atoms with Crippen LogP contribution in [0, 0.1) is 19.3 Å². The van der Waals surface area contributed by atoms with Crippen LogP contribution in [-0.4, -0.2) is 12.6 Å². The lowest BCUT2D eigenvalue weighted by atomic mass is 10.0. The molecule has 1 aromatic rings. The van der Waals surface area contributed by atoms with Crippen molar-refractivity contribution in [1.82, 2.24) is 0 Å². The molecule has 0 fully saturated rings. The van der Waals surface area contributed by atoms with Gasteiger partial charge in [0.25, 0.3) is 0 Å². The van der Waals surface area contributed by atoms with Crippen LogP contribution in [0.5, 0.6) is 5.75 Å². The van der Waals surface area contributed by atoms with Crippen LogP contribution in [0.1, 0.15) is 18.1 Å². The van der Waals surface area contributed by atoms with Gasteiger partial charge in [-0.2, -0.15) is 0 Å². The van der Waals surface area contributed by atoms with Crippen molar-refractivity contribution in [3.8, 4) is 18.1 Å². The third-order valence-electron chi connectivity index (χ3n) is 2.07. The molecule has 0 spiro atoms. The summed E-state index contributed by atoms with van der Waals surface area (Å²) in [7, 11) is 0. The summed E-state index contributed by atoms with van der Waals surface area (Å²) >= 11 is 0. The first-order valence-electron chi connectivity index (χ1n) is 5.05. The molecule has 0 aliphatic heterocycles. The van der Waals surface area contributed by atoms with E-state index in [1.807, 2.05) is 19.1 Å². The molecule has 2 heteroatoms. The van der Waals surface area contributed by atoms with Gasteiger partial charge in [0.2, 0.25) is 0 Å². The number of rotatable bonds is 4. The van der Waals surface area contributed by atoms with Gasteiger partial charge < -0.3 is 10.5 Å². The van der Waals surface area contributed by atoms with Crippen LogP contribution >= 0.6 is 0 Å². The van der Waals surface area contributed by atoms with Gasteiger partial charge in [-0.3, -0.25) is 0 Å². The van der Waals surface area contributed by atoms with Crippen LogP contribution < -0.4 is 10.5 Å². The minimum absolute atomic E-state index is 0.125. The van der Waals surface area contributed by atoms with E-state index < -0.39 is 0 Å². The van der Waals surface area contributed by atoms with Crippen LogP contribution in [0.3, 0.4) is 0 Å². The normalized spacial score (nSPS) is 11.9. The smallest absolute Gasteiger partial charge is 0.148 e. The highest BCUT2D eigenvalue weighted by Gasteiger charge is 2.06. The molecule has 1 unspecified atom stereocenters. The Kier molecular flexibility index (Phi) is 4.20. The van der Waals surface area contributed by atoms with Crippen molar-refractivity contribution in [2.75, 3.05) is 6.61 Å². The standard InChI is InChI=1S/C13H17NO/c1-4-7-15-13-6-5-10(2)8-12(13)9-11(3)14/h1,5-6,8,11H,7,9,14H2,2-3H3. The SMILES string of the molecule is C#CCOc1ccc(C)cc1CC(C)N. The minimum atomic E-state index is 0.125. The number of terminal acetylenes is 1. The number of aryl methyl sites for hydroxylation is 1. The first-order valence-corrected chi connectivity index (χ1v) is 5.05. The Balaban J connectivity index is 2.88. The van der Waals surface area contributed by atoms with Crippen molar-refractivity contribution >= 4 is 0 Å². The fraction of sp³-hybridized carbons (Fsp3) is 0.385. The predicted molar refractivity (Wildman–Crippen MR) is 62.9 cm³/mol. The average molecular weight is 203 g/mol. The first-order chi connectivity index (χ1) is 7.13. The van der Waals surface area contributed by atoms with Crippen molar-refractivity contribution in [2.45, 2.75) is 26.3 Å². The quantitative estimate of drug-likeness (QED) is 0.758. The molecular weight excluding hydrogens is 186 g/mol. The number of ether oxygens (including phenoxy) is 1. The molecule has 2 N–H and O–H groups in total. The monoisotopic (exact) mass is 203 g/mol. The number of hydrogen-bond acceptors (Lipinski definition) is 2. The van der Waals surface area contributed by atoms with Gasteiger partial charge in [-0.25, -0.2) is 0 Å². The van der Waals surface area contributed by atoms with Crippen molar-refractivity contribution in [3.05, 3.63) is 29.3 Å². The molecule has 0 aliphatic rings. The van der Waals surface area contributed by atoms with Gasteiger partial charge in [0, 0.05) is 6.04 Å². The highest BCUT2D eigenvalue weighted by Crippen LogP contribution is 2.21. The van der Waals surface area contributed by atoms with Crippen molar-refractivity contribution < 1.29 is 4.74 Å². The lowest BCUT2D eigenvalue weighted by molar-refractivity contribution is 0.365. The lowest BCUT2D eigenvalue weighted by Gasteiger charge is -2.12. The molecule has 1 atom stereocenters. The second-order valence-corrected chi connectivity index (χ2v) is 3.79. The van der Waals surface area contributed by atoms with E-state index in [4.69, 9.17) is 16.9 Å². The summed E-state index contributed by atoms with van der Waals surface area (Å²) < 4.78 is 5.45. The van der Waals surface area contributed by atoms with E-state index in [9.17, 15) is 0 Å². The summed E-state index contributed by atoms with van der Waals surface area (Å²) in [5.74, 6) is 3.30. The van der Waals surface area contributed by atoms with Crippen LogP contribution in [0.25, 0.3) is 0 Å². The molecule has 15 heavy (non-hydrogen) atoms. The Labute approximate surface area is 91.4 Å². The zero-order valence-corrected chi connectivity index (χ0v) is 9.29. The number of hydrogen-bond donors (Lipinski definition) is 1. The van der Waals surface area contributed by atoms with E-state index in [0.29, 0.717) is 6.61 Å². The van der Waals surface area contributed by atoms with Gasteiger partial charge in [0.05, 0.1) is 0 Å². The van der Waals surface area contributed by atoms with Crippen molar-refractivity contribution in [3.63, 3.8) is 0 Å². The van der Waals surface area contributed by atoms with E-state index in [-0.39, 0.29) is 6.04 Å². The number of nitrogens with two attached hydrogens (primary N) is 1. The molecule has 0 amide bonds. The maximum absolute atomic E-state index is 5.78. The van der Waals surface area contributed by atoms with E-state index in [0.717, 1.165) is 17.7 Å². The molecule has 0 heterocycles. The average Bonchev–Trinajstić information content (AvgIpc) is 2.16. The fourth-order valence-corrected chi connectivity index (χ4v) is 1.47. The molecule has 0 saturated heterocycles. The Morgan fingerprint density at radius 1 is 1.53 bits per heavy atom. The molecular formula is C13H17NO. The van der Waals surface area contributed by atoms with E-state index in [1.165, 1.54) is 5.56 Å². The molecule has 1 rings (SSSR count). The molecule has 0 aliphatic carbocycles. The Morgan fingerprint density at radius 3 is 2.87 bits per heavy atom. The largest absolute Gasteiger partial charge is 0.481 e. The van der Waals surface area contributed by atoms with Crippen LogP contribution in [0.2, 0.25) is 0 Å². The molecule has 2 nitrogen and oxygen atoms in total.